The predicted molar refractivity (Wildman–Crippen MR) is 96.6 cm³/mol. The summed E-state index contributed by atoms with van der Waals surface area (Å²) < 4.78 is 8.31. The number of para-hydroxylation sites is 2. The molecule has 0 amide bonds. The monoisotopic (exact) mass is 337 g/mol. The van der Waals surface area contributed by atoms with E-state index in [4.69, 9.17) is 4.42 Å². The number of rotatable bonds is 4. The fourth-order valence-corrected chi connectivity index (χ4v) is 3.68. The molecule has 3 aromatic rings. The number of imidazole rings is 1. The van der Waals surface area contributed by atoms with Gasteiger partial charge in [0.1, 0.15) is 5.52 Å². The molecule has 1 aromatic carbocycles. The Bertz CT molecular complexity index is 832. The topological polar surface area (TPSA) is 50.3 Å². The molecule has 0 radical (unpaired) electrons. The van der Waals surface area contributed by atoms with Crippen molar-refractivity contribution >= 4 is 17.1 Å². The molecule has 0 spiro atoms. The van der Waals surface area contributed by atoms with Crippen LogP contribution in [0.4, 0.5) is 6.01 Å². The Morgan fingerprint density at radius 1 is 1.08 bits per heavy atom. The molecule has 1 saturated heterocycles. The van der Waals surface area contributed by atoms with Gasteiger partial charge in [0, 0.05) is 45.0 Å². The van der Waals surface area contributed by atoms with Gasteiger partial charge in [0.2, 0.25) is 0 Å². The molecule has 2 aromatic heterocycles. The van der Waals surface area contributed by atoms with Crippen LogP contribution in [0, 0.1) is 0 Å². The smallest absolute Gasteiger partial charge is 0.298 e. The summed E-state index contributed by atoms with van der Waals surface area (Å²) >= 11 is 0. The second-order valence-electron chi connectivity index (χ2n) is 7.10. The van der Waals surface area contributed by atoms with Crippen molar-refractivity contribution in [1.82, 2.24) is 19.4 Å². The van der Waals surface area contributed by atoms with Gasteiger partial charge in [-0.1, -0.05) is 12.1 Å². The van der Waals surface area contributed by atoms with Crippen LogP contribution in [0.1, 0.15) is 31.0 Å². The van der Waals surface area contributed by atoms with Crippen LogP contribution in [0.2, 0.25) is 0 Å². The largest absolute Gasteiger partial charge is 0.423 e. The van der Waals surface area contributed by atoms with E-state index < -0.39 is 0 Å². The lowest BCUT2D eigenvalue weighted by Crippen LogP contribution is -2.31. The lowest BCUT2D eigenvalue weighted by Gasteiger charge is -2.21. The second-order valence-corrected chi connectivity index (χ2v) is 7.10. The lowest BCUT2D eigenvalue weighted by atomic mass is 10.3. The number of hydrogen-bond donors (Lipinski definition) is 0. The van der Waals surface area contributed by atoms with Gasteiger partial charge < -0.3 is 13.9 Å². The molecule has 1 aliphatic heterocycles. The summed E-state index contributed by atoms with van der Waals surface area (Å²) in [4.78, 5) is 13.8. The molecular weight excluding hydrogens is 314 g/mol. The van der Waals surface area contributed by atoms with Gasteiger partial charge in [-0.15, -0.1) is 0 Å². The third-order valence-electron chi connectivity index (χ3n) is 5.21. The number of fused-ring (bicyclic) bond motifs is 1. The molecular formula is C19H23N5O. The Kier molecular flexibility index (Phi) is 3.70. The van der Waals surface area contributed by atoms with Gasteiger partial charge in [-0.3, -0.25) is 4.90 Å². The summed E-state index contributed by atoms with van der Waals surface area (Å²) in [5.74, 6) is 0. The van der Waals surface area contributed by atoms with Crippen molar-refractivity contribution in [2.24, 2.45) is 0 Å². The first-order valence-corrected chi connectivity index (χ1v) is 9.20. The Morgan fingerprint density at radius 2 is 2.00 bits per heavy atom. The van der Waals surface area contributed by atoms with Gasteiger partial charge >= 0.3 is 0 Å². The summed E-state index contributed by atoms with van der Waals surface area (Å²) in [6, 6.07) is 9.43. The van der Waals surface area contributed by atoms with Crippen molar-refractivity contribution in [1.29, 1.82) is 0 Å². The summed E-state index contributed by atoms with van der Waals surface area (Å²) in [5, 5.41) is 0. The molecule has 5 rings (SSSR count). The minimum Gasteiger partial charge on any atom is -0.423 e. The fraction of sp³-hybridized carbons (Fsp3) is 0.474. The molecule has 0 N–H and O–H groups in total. The quantitative estimate of drug-likeness (QED) is 0.732. The van der Waals surface area contributed by atoms with Crippen molar-refractivity contribution in [3.8, 4) is 0 Å². The molecule has 0 unspecified atom stereocenters. The minimum atomic E-state index is 0.695. The van der Waals surface area contributed by atoms with Crippen LogP contribution in [-0.4, -0.2) is 45.6 Å². The third-order valence-corrected chi connectivity index (χ3v) is 5.21. The minimum absolute atomic E-state index is 0.695. The first-order valence-electron chi connectivity index (χ1n) is 9.20. The number of benzene rings is 1. The van der Waals surface area contributed by atoms with Crippen LogP contribution in [0.25, 0.3) is 11.1 Å². The maximum Gasteiger partial charge on any atom is 0.298 e. The van der Waals surface area contributed by atoms with Crippen LogP contribution < -0.4 is 4.90 Å². The van der Waals surface area contributed by atoms with Crippen LogP contribution in [0.15, 0.2) is 41.2 Å². The fourth-order valence-electron chi connectivity index (χ4n) is 3.68. The third kappa shape index (κ3) is 3.02. The van der Waals surface area contributed by atoms with E-state index in [1.807, 2.05) is 36.8 Å². The van der Waals surface area contributed by atoms with E-state index in [1.54, 1.807) is 0 Å². The van der Waals surface area contributed by atoms with E-state index in [2.05, 4.69) is 24.3 Å². The van der Waals surface area contributed by atoms with Gasteiger partial charge in [-0.2, -0.15) is 4.98 Å². The van der Waals surface area contributed by atoms with E-state index in [0.29, 0.717) is 6.04 Å². The van der Waals surface area contributed by atoms with E-state index in [0.717, 1.165) is 56.3 Å². The van der Waals surface area contributed by atoms with E-state index in [-0.39, 0.29) is 0 Å². The van der Waals surface area contributed by atoms with Crippen LogP contribution >= 0.6 is 0 Å². The first kappa shape index (κ1) is 15.0. The number of nitrogens with zero attached hydrogens (tertiary/aromatic N) is 5. The SMILES string of the molecule is c1ccc2oc(N3CCCN(Cc4cncn4C4CC4)CC3)nc2c1. The number of aromatic nitrogens is 3. The van der Waals surface area contributed by atoms with Gasteiger partial charge in [-0.25, -0.2) is 4.98 Å². The standard InChI is InChI=1S/C19H23N5O/c1-2-5-18-17(4-1)21-19(25-18)23-9-3-8-22(10-11-23)13-16-12-20-14-24(16)15-6-7-15/h1-2,4-5,12,14-15H,3,6-11,13H2. The summed E-state index contributed by atoms with van der Waals surface area (Å²) in [7, 11) is 0. The Morgan fingerprint density at radius 3 is 2.88 bits per heavy atom. The molecule has 0 atom stereocenters. The molecule has 1 saturated carbocycles. The number of oxazole rings is 1. The summed E-state index contributed by atoms with van der Waals surface area (Å²) in [5.41, 5.74) is 3.15. The van der Waals surface area contributed by atoms with Gasteiger partial charge in [0.05, 0.1) is 12.0 Å². The van der Waals surface area contributed by atoms with E-state index >= 15 is 0 Å². The maximum absolute atomic E-state index is 5.95. The molecule has 2 aliphatic rings. The van der Waals surface area contributed by atoms with Crippen LogP contribution in [0.5, 0.6) is 0 Å². The van der Waals surface area contributed by atoms with Gasteiger partial charge in [0.15, 0.2) is 5.58 Å². The average Bonchev–Trinajstić information content (AvgIpc) is 3.29. The van der Waals surface area contributed by atoms with Gasteiger partial charge in [0.25, 0.3) is 6.01 Å². The molecule has 25 heavy (non-hydrogen) atoms. The highest BCUT2D eigenvalue weighted by atomic mass is 16.4. The van der Waals surface area contributed by atoms with Crippen molar-refractivity contribution in [3.63, 3.8) is 0 Å². The van der Waals surface area contributed by atoms with Crippen LogP contribution in [-0.2, 0) is 6.54 Å². The highest BCUT2D eigenvalue weighted by Crippen LogP contribution is 2.35. The highest BCUT2D eigenvalue weighted by Gasteiger charge is 2.26. The van der Waals surface area contributed by atoms with Crippen LogP contribution in [0.3, 0.4) is 0 Å². The molecule has 2 fully saturated rings. The van der Waals surface area contributed by atoms with Crippen molar-refractivity contribution in [2.45, 2.75) is 31.8 Å². The highest BCUT2D eigenvalue weighted by molar-refractivity contribution is 5.74. The predicted octanol–water partition coefficient (Wildman–Crippen LogP) is 3.07. The lowest BCUT2D eigenvalue weighted by molar-refractivity contribution is 0.277. The normalized spacial score (nSPS) is 19.4. The molecule has 130 valence electrons. The molecule has 0 bridgehead atoms. The zero-order valence-corrected chi connectivity index (χ0v) is 14.3. The molecule has 1 aliphatic carbocycles. The summed E-state index contributed by atoms with van der Waals surface area (Å²) in [6.45, 7) is 5.05. The Labute approximate surface area is 147 Å². The zero-order valence-electron chi connectivity index (χ0n) is 14.3. The molecule has 6 heteroatoms. The molecule has 3 heterocycles. The van der Waals surface area contributed by atoms with Gasteiger partial charge in [-0.05, 0) is 31.4 Å². The average molecular weight is 337 g/mol. The molecule has 6 nitrogen and oxygen atoms in total. The second kappa shape index (κ2) is 6.19. The van der Waals surface area contributed by atoms with Crippen molar-refractivity contribution in [2.75, 3.05) is 31.1 Å². The maximum atomic E-state index is 5.95. The zero-order chi connectivity index (χ0) is 16.6. The Balaban J connectivity index is 1.27. The summed E-state index contributed by atoms with van der Waals surface area (Å²) in [6.07, 6.45) is 7.75. The van der Waals surface area contributed by atoms with E-state index in [1.165, 1.54) is 18.5 Å². The van der Waals surface area contributed by atoms with E-state index in [9.17, 15) is 0 Å². The number of anilines is 1. The van der Waals surface area contributed by atoms with Crippen molar-refractivity contribution in [3.05, 3.63) is 42.5 Å². The van der Waals surface area contributed by atoms with Crippen molar-refractivity contribution < 1.29 is 4.42 Å². The number of hydrogen-bond acceptors (Lipinski definition) is 5. The Hall–Kier alpha value is -2.34. The first-order chi connectivity index (χ1) is 12.4.